The van der Waals surface area contributed by atoms with Crippen LogP contribution in [0.15, 0.2) is 23.3 Å². The summed E-state index contributed by atoms with van der Waals surface area (Å²) in [6.07, 6.45) is 6.79. The Labute approximate surface area is 86.6 Å². The van der Waals surface area contributed by atoms with E-state index in [0.717, 1.165) is 24.8 Å². The Morgan fingerprint density at radius 3 is 2.43 bits per heavy atom. The average molecular weight is 196 g/mol. The van der Waals surface area contributed by atoms with Crippen LogP contribution in [-0.2, 0) is 9.53 Å². The number of methoxy groups -OCH3 is 1. The molecule has 0 heterocycles. The molecule has 0 atom stereocenters. The summed E-state index contributed by atoms with van der Waals surface area (Å²) < 4.78 is 4.54. The van der Waals surface area contributed by atoms with Gasteiger partial charge in [-0.15, -0.1) is 0 Å². The summed E-state index contributed by atoms with van der Waals surface area (Å²) in [6.45, 7) is 6.22. The Balaban J connectivity index is 3.90. The second-order valence-electron chi connectivity index (χ2n) is 3.46. The number of rotatable bonds is 5. The van der Waals surface area contributed by atoms with Crippen molar-refractivity contribution in [2.24, 2.45) is 0 Å². The van der Waals surface area contributed by atoms with Gasteiger partial charge in [0.25, 0.3) is 0 Å². The van der Waals surface area contributed by atoms with Crippen molar-refractivity contribution in [2.75, 3.05) is 7.11 Å². The van der Waals surface area contributed by atoms with Gasteiger partial charge in [-0.25, -0.2) is 4.79 Å². The molecule has 0 bridgehead atoms. The van der Waals surface area contributed by atoms with E-state index in [1.54, 1.807) is 6.08 Å². The highest BCUT2D eigenvalue weighted by atomic mass is 16.5. The molecule has 2 heteroatoms. The summed E-state index contributed by atoms with van der Waals surface area (Å²) in [7, 11) is 1.40. The number of ether oxygens (including phenoxy) is 1. The van der Waals surface area contributed by atoms with Gasteiger partial charge in [-0.3, -0.25) is 0 Å². The molecule has 0 aliphatic heterocycles. The third-order valence-electron chi connectivity index (χ3n) is 2.15. The molecule has 0 N–H and O–H groups in total. The van der Waals surface area contributed by atoms with Crippen molar-refractivity contribution in [1.29, 1.82) is 0 Å². The SMILES string of the molecule is CC/C(C)=C/CC/C(C)=C/C(=O)OC. The fraction of sp³-hybridized carbons (Fsp3) is 0.583. The number of hydrogen-bond acceptors (Lipinski definition) is 2. The molecule has 0 aliphatic carbocycles. The van der Waals surface area contributed by atoms with Crippen LogP contribution in [0.1, 0.15) is 40.0 Å². The number of hydrogen-bond donors (Lipinski definition) is 0. The van der Waals surface area contributed by atoms with Crippen molar-refractivity contribution in [2.45, 2.75) is 40.0 Å². The van der Waals surface area contributed by atoms with Gasteiger partial charge in [-0.05, 0) is 33.1 Å². The van der Waals surface area contributed by atoms with E-state index in [2.05, 4.69) is 24.7 Å². The summed E-state index contributed by atoms with van der Waals surface area (Å²) in [5.41, 5.74) is 2.47. The Morgan fingerprint density at radius 1 is 1.29 bits per heavy atom. The molecule has 0 spiro atoms. The molecule has 0 amide bonds. The molecular weight excluding hydrogens is 176 g/mol. The van der Waals surface area contributed by atoms with Crippen LogP contribution in [0.2, 0.25) is 0 Å². The Bertz CT molecular complexity index is 237. The predicted molar refractivity (Wildman–Crippen MR) is 59.1 cm³/mol. The fourth-order valence-corrected chi connectivity index (χ4v) is 1.02. The molecule has 0 aliphatic rings. The first-order valence-electron chi connectivity index (χ1n) is 5.00. The second kappa shape index (κ2) is 7.36. The molecule has 0 fully saturated rings. The van der Waals surface area contributed by atoms with Crippen molar-refractivity contribution in [1.82, 2.24) is 0 Å². The predicted octanol–water partition coefficient (Wildman–Crippen LogP) is 3.24. The van der Waals surface area contributed by atoms with Crippen molar-refractivity contribution in [3.8, 4) is 0 Å². The van der Waals surface area contributed by atoms with E-state index in [-0.39, 0.29) is 5.97 Å². The van der Waals surface area contributed by atoms with Crippen molar-refractivity contribution < 1.29 is 9.53 Å². The quantitative estimate of drug-likeness (QED) is 0.383. The van der Waals surface area contributed by atoms with Crippen molar-refractivity contribution in [3.63, 3.8) is 0 Å². The van der Waals surface area contributed by atoms with Gasteiger partial charge in [-0.2, -0.15) is 0 Å². The second-order valence-corrected chi connectivity index (χ2v) is 3.46. The zero-order valence-electron chi connectivity index (χ0n) is 9.59. The van der Waals surface area contributed by atoms with Crippen LogP contribution in [0.25, 0.3) is 0 Å². The van der Waals surface area contributed by atoms with Gasteiger partial charge in [-0.1, -0.05) is 24.1 Å². The van der Waals surface area contributed by atoms with Gasteiger partial charge < -0.3 is 4.74 Å². The van der Waals surface area contributed by atoms with Gasteiger partial charge in [0.2, 0.25) is 0 Å². The highest BCUT2D eigenvalue weighted by Gasteiger charge is 1.95. The molecule has 14 heavy (non-hydrogen) atoms. The summed E-state index contributed by atoms with van der Waals surface area (Å²) in [4.78, 5) is 10.9. The van der Waals surface area contributed by atoms with Crippen LogP contribution in [0, 0.1) is 0 Å². The molecule has 0 aromatic rings. The summed E-state index contributed by atoms with van der Waals surface area (Å²) in [5, 5.41) is 0. The van der Waals surface area contributed by atoms with E-state index in [1.807, 2.05) is 6.92 Å². The minimum Gasteiger partial charge on any atom is -0.466 e. The van der Waals surface area contributed by atoms with E-state index >= 15 is 0 Å². The standard InChI is InChI=1S/C12H20O2/c1-5-10(2)7-6-8-11(3)9-12(13)14-4/h7,9H,5-6,8H2,1-4H3/b10-7+,11-9+. The number of esters is 1. The lowest BCUT2D eigenvalue weighted by molar-refractivity contribution is -0.134. The zero-order chi connectivity index (χ0) is 11.0. The monoisotopic (exact) mass is 196 g/mol. The lowest BCUT2D eigenvalue weighted by atomic mass is 10.1. The molecule has 0 aromatic heterocycles. The smallest absolute Gasteiger partial charge is 0.330 e. The van der Waals surface area contributed by atoms with Crippen LogP contribution in [0.4, 0.5) is 0 Å². The molecule has 0 saturated heterocycles. The van der Waals surface area contributed by atoms with Crippen LogP contribution < -0.4 is 0 Å². The van der Waals surface area contributed by atoms with Gasteiger partial charge in [0.15, 0.2) is 0 Å². The van der Waals surface area contributed by atoms with E-state index in [1.165, 1.54) is 12.7 Å². The first-order valence-corrected chi connectivity index (χ1v) is 5.00. The minimum absolute atomic E-state index is 0.265. The largest absolute Gasteiger partial charge is 0.466 e. The summed E-state index contributed by atoms with van der Waals surface area (Å²) >= 11 is 0. The first-order chi connectivity index (χ1) is 6.60. The number of allylic oxidation sites excluding steroid dienone is 3. The number of carbonyl (C=O) groups is 1. The Hall–Kier alpha value is -1.05. The normalized spacial score (nSPS) is 12.9. The van der Waals surface area contributed by atoms with Crippen LogP contribution in [-0.4, -0.2) is 13.1 Å². The van der Waals surface area contributed by atoms with Crippen LogP contribution in [0.3, 0.4) is 0 Å². The Morgan fingerprint density at radius 2 is 1.93 bits per heavy atom. The molecular formula is C12H20O2. The highest BCUT2D eigenvalue weighted by Crippen LogP contribution is 2.08. The molecule has 2 nitrogen and oxygen atoms in total. The van der Waals surface area contributed by atoms with E-state index < -0.39 is 0 Å². The molecule has 0 aromatic carbocycles. The third kappa shape index (κ3) is 6.46. The van der Waals surface area contributed by atoms with Gasteiger partial charge in [0.05, 0.1) is 7.11 Å². The van der Waals surface area contributed by atoms with Crippen LogP contribution >= 0.6 is 0 Å². The number of carbonyl (C=O) groups excluding carboxylic acids is 1. The van der Waals surface area contributed by atoms with Crippen molar-refractivity contribution in [3.05, 3.63) is 23.3 Å². The maximum absolute atomic E-state index is 10.9. The highest BCUT2D eigenvalue weighted by molar-refractivity contribution is 5.82. The van der Waals surface area contributed by atoms with E-state index in [0.29, 0.717) is 0 Å². The molecule has 0 rings (SSSR count). The molecule has 0 unspecified atom stereocenters. The Kier molecular flexibility index (Phi) is 6.81. The van der Waals surface area contributed by atoms with Crippen molar-refractivity contribution >= 4 is 5.97 Å². The topological polar surface area (TPSA) is 26.3 Å². The van der Waals surface area contributed by atoms with E-state index in [9.17, 15) is 4.79 Å². The van der Waals surface area contributed by atoms with Gasteiger partial charge in [0, 0.05) is 6.08 Å². The van der Waals surface area contributed by atoms with Gasteiger partial charge >= 0.3 is 5.97 Å². The maximum atomic E-state index is 10.9. The average Bonchev–Trinajstić information content (AvgIpc) is 2.17. The lowest BCUT2D eigenvalue weighted by Gasteiger charge is -1.99. The molecule has 0 radical (unpaired) electrons. The summed E-state index contributed by atoms with van der Waals surface area (Å²) in [5.74, 6) is -0.265. The maximum Gasteiger partial charge on any atom is 0.330 e. The zero-order valence-corrected chi connectivity index (χ0v) is 9.59. The van der Waals surface area contributed by atoms with Gasteiger partial charge in [0.1, 0.15) is 0 Å². The minimum atomic E-state index is -0.265. The fourth-order valence-electron chi connectivity index (χ4n) is 1.02. The first kappa shape index (κ1) is 12.9. The molecule has 0 saturated carbocycles. The summed E-state index contributed by atoms with van der Waals surface area (Å²) in [6, 6.07) is 0. The van der Waals surface area contributed by atoms with E-state index in [4.69, 9.17) is 0 Å². The molecule has 80 valence electrons. The van der Waals surface area contributed by atoms with Crippen LogP contribution in [0.5, 0.6) is 0 Å². The third-order valence-corrected chi connectivity index (χ3v) is 2.15. The lowest BCUT2D eigenvalue weighted by Crippen LogP contribution is -1.95.